The van der Waals surface area contributed by atoms with E-state index in [0.717, 1.165) is 81.9 Å². The van der Waals surface area contributed by atoms with Crippen molar-refractivity contribution in [3.63, 3.8) is 0 Å². The average Bonchev–Trinajstić information content (AvgIpc) is 4.00. The van der Waals surface area contributed by atoms with Crippen LogP contribution in [0.5, 0.6) is 0 Å². The molecule has 5 heterocycles. The molecule has 0 N–H and O–H groups in total. The van der Waals surface area contributed by atoms with E-state index in [1.54, 1.807) is 0 Å². The van der Waals surface area contributed by atoms with E-state index in [1.807, 2.05) is 36.8 Å². The molecule has 0 aliphatic carbocycles. The topological polar surface area (TPSA) is 48.3 Å². The second-order valence-electron chi connectivity index (χ2n) is 14.4. The van der Waals surface area contributed by atoms with Crippen molar-refractivity contribution in [2.75, 3.05) is 0 Å². The third-order valence-electron chi connectivity index (χ3n) is 11.5. The Morgan fingerprint density at radius 1 is 0.491 bits per heavy atom. The molecule has 0 aliphatic rings. The molecule has 7 aromatic carbocycles. The Hall–Kier alpha value is -6.62. The van der Waals surface area contributed by atoms with Gasteiger partial charge in [-0.15, -0.1) is 34.8 Å². The minimum Gasteiger partial charge on any atom is -0.455 e. The van der Waals surface area contributed by atoms with Crippen LogP contribution < -0.4 is 20.7 Å². The fourth-order valence-corrected chi connectivity index (χ4v) is 13.7. The predicted octanol–water partition coefficient (Wildman–Crippen LogP) is 9.01. The fourth-order valence-electron chi connectivity index (χ4n) is 9.18. The first kappa shape index (κ1) is 33.7. The quantitative estimate of drug-likeness (QED) is 0.0753. The zero-order valence-electron chi connectivity index (χ0n) is 30.3. The zero-order valence-corrected chi connectivity index (χ0v) is 32.9. The van der Waals surface area contributed by atoms with Gasteiger partial charge in [0.15, 0.2) is 0 Å². The standard InChI is InChI=1S/C50H30N4OSi.Pd/c1-3-14-34(15-4-1)56(35-16-5-2-6-17-35,37-24-25-38-39-19-7-9-22-44(39)53-30-29-52-49(53)43(38)32-37)36-18-11-13-33(31-36)54-45-27-26-41-40-20-8-10-23-46(40)55-48(41)47(45)42-21-12-28-51-50(42)54;/h1-30H;/q-2;+2. The number of pyridine rings is 2. The van der Waals surface area contributed by atoms with Gasteiger partial charge in [-0.2, -0.15) is 23.4 Å². The number of nitrogens with zero attached hydrogens (tertiary/aromatic N) is 4. The average molecular weight is 837 g/mol. The SMILES string of the molecule is [Pd+2].[c-]1c(-n2c3ccc4c5ccccc5oc4c3c3cccnc32)cccc1[Si](c1[c-]c2c(cc1)c1ccccc1n1ccnc21)(c1ccccc1)c1ccccc1. The summed E-state index contributed by atoms with van der Waals surface area (Å²) < 4.78 is 11.0. The van der Waals surface area contributed by atoms with Crippen LogP contribution in [0.25, 0.3) is 76.9 Å². The van der Waals surface area contributed by atoms with Crippen molar-refractivity contribution in [3.8, 4) is 5.69 Å². The molecule has 0 amide bonds. The van der Waals surface area contributed by atoms with Crippen LogP contribution in [0.3, 0.4) is 0 Å². The van der Waals surface area contributed by atoms with E-state index in [1.165, 1.54) is 15.8 Å². The maximum Gasteiger partial charge on any atom is 2.00 e. The minimum atomic E-state index is -3.10. The van der Waals surface area contributed by atoms with E-state index in [-0.39, 0.29) is 20.4 Å². The number of hydrogen-bond donors (Lipinski definition) is 0. The van der Waals surface area contributed by atoms with Crippen LogP contribution in [-0.2, 0) is 20.4 Å². The molecule has 270 valence electrons. The van der Waals surface area contributed by atoms with Crippen molar-refractivity contribution in [1.29, 1.82) is 0 Å². The smallest absolute Gasteiger partial charge is 0.455 e. The van der Waals surface area contributed by atoms with Gasteiger partial charge in [0, 0.05) is 40.3 Å². The van der Waals surface area contributed by atoms with Crippen molar-refractivity contribution < 1.29 is 24.8 Å². The number of para-hydroxylation sites is 2. The summed E-state index contributed by atoms with van der Waals surface area (Å²) in [5.41, 5.74) is 6.58. The number of hydrogen-bond acceptors (Lipinski definition) is 3. The molecule has 57 heavy (non-hydrogen) atoms. The van der Waals surface area contributed by atoms with Gasteiger partial charge < -0.3 is 13.4 Å². The van der Waals surface area contributed by atoms with E-state index >= 15 is 0 Å². The molecule has 12 aromatic rings. The normalized spacial score (nSPS) is 12.1. The molecule has 0 radical (unpaired) electrons. The molecule has 0 bridgehead atoms. The first-order valence-corrected chi connectivity index (χ1v) is 20.8. The number of benzene rings is 7. The van der Waals surface area contributed by atoms with E-state index in [2.05, 4.69) is 167 Å². The van der Waals surface area contributed by atoms with Gasteiger partial charge in [0.2, 0.25) is 0 Å². The largest absolute Gasteiger partial charge is 2.00 e. The maximum absolute atomic E-state index is 6.61. The summed E-state index contributed by atoms with van der Waals surface area (Å²) in [6.07, 6.45) is 5.80. The van der Waals surface area contributed by atoms with Gasteiger partial charge in [-0.25, -0.2) is 4.98 Å². The molecule has 0 spiro atoms. The Balaban J connectivity index is 0.00000374. The third-order valence-corrected chi connectivity index (χ3v) is 16.1. The summed E-state index contributed by atoms with van der Waals surface area (Å²) >= 11 is 0. The van der Waals surface area contributed by atoms with E-state index in [0.29, 0.717) is 0 Å². The van der Waals surface area contributed by atoms with Crippen molar-refractivity contribution in [1.82, 2.24) is 18.9 Å². The van der Waals surface area contributed by atoms with Gasteiger partial charge in [-0.1, -0.05) is 108 Å². The molecule has 0 saturated carbocycles. The number of aromatic nitrogens is 4. The van der Waals surface area contributed by atoms with Gasteiger partial charge in [0.1, 0.15) is 24.9 Å². The number of furan rings is 1. The molecule has 7 heteroatoms. The molecule has 0 fully saturated rings. The monoisotopic (exact) mass is 836 g/mol. The molecule has 5 nitrogen and oxygen atoms in total. The van der Waals surface area contributed by atoms with Crippen LogP contribution >= 0.6 is 0 Å². The summed E-state index contributed by atoms with van der Waals surface area (Å²) in [5.74, 6) is 0. The molecule has 0 unspecified atom stereocenters. The van der Waals surface area contributed by atoms with E-state index in [4.69, 9.17) is 14.4 Å². The summed E-state index contributed by atoms with van der Waals surface area (Å²) in [7, 11) is -3.10. The van der Waals surface area contributed by atoms with E-state index in [9.17, 15) is 0 Å². The first-order valence-electron chi connectivity index (χ1n) is 18.8. The van der Waals surface area contributed by atoms with Crippen molar-refractivity contribution in [2.24, 2.45) is 0 Å². The van der Waals surface area contributed by atoms with Crippen molar-refractivity contribution >= 4 is 100 Å². The summed E-state index contributed by atoms with van der Waals surface area (Å²) in [6.45, 7) is 0. The third kappa shape index (κ3) is 4.77. The second-order valence-corrected chi connectivity index (χ2v) is 18.1. The Morgan fingerprint density at radius 3 is 2.00 bits per heavy atom. The fraction of sp³-hybridized carbons (Fsp3) is 0. The maximum atomic E-state index is 6.61. The van der Waals surface area contributed by atoms with Gasteiger partial charge in [0.05, 0.1) is 16.6 Å². The van der Waals surface area contributed by atoms with Crippen LogP contribution in [0, 0.1) is 12.1 Å². The first-order chi connectivity index (χ1) is 27.8. The Morgan fingerprint density at radius 2 is 1.18 bits per heavy atom. The second kappa shape index (κ2) is 13.0. The van der Waals surface area contributed by atoms with Gasteiger partial charge in [0.25, 0.3) is 0 Å². The minimum absolute atomic E-state index is 0. The van der Waals surface area contributed by atoms with Crippen LogP contribution in [0.4, 0.5) is 0 Å². The molecule has 0 aliphatic heterocycles. The zero-order chi connectivity index (χ0) is 36.8. The van der Waals surface area contributed by atoms with Gasteiger partial charge in [-0.3, -0.25) is 4.98 Å². The predicted molar refractivity (Wildman–Crippen MR) is 231 cm³/mol. The van der Waals surface area contributed by atoms with Crippen LogP contribution in [-0.4, -0.2) is 27.0 Å². The molecule has 12 rings (SSSR count). The van der Waals surface area contributed by atoms with Crippen LogP contribution in [0.1, 0.15) is 0 Å². The summed E-state index contributed by atoms with van der Waals surface area (Å²) in [4.78, 5) is 9.90. The molecular formula is C50H30N4OPdSi. The Labute approximate surface area is 342 Å². The number of fused-ring (bicyclic) bond motifs is 13. The molecule has 0 saturated heterocycles. The summed E-state index contributed by atoms with van der Waals surface area (Å²) in [5, 5.41) is 12.4. The molecule has 5 aromatic heterocycles. The van der Waals surface area contributed by atoms with Gasteiger partial charge in [-0.05, 0) is 52.2 Å². The van der Waals surface area contributed by atoms with E-state index < -0.39 is 8.07 Å². The molecular weight excluding hydrogens is 807 g/mol. The Kier molecular flexibility index (Phi) is 7.67. The molecule has 0 atom stereocenters. The Bertz CT molecular complexity index is 3460. The number of rotatable bonds is 5. The van der Waals surface area contributed by atoms with Crippen molar-refractivity contribution in [2.45, 2.75) is 0 Å². The van der Waals surface area contributed by atoms with Crippen molar-refractivity contribution in [3.05, 3.63) is 195 Å². The van der Waals surface area contributed by atoms with Gasteiger partial charge >= 0.3 is 20.4 Å². The number of imidazole rings is 1. The van der Waals surface area contributed by atoms with Crippen LogP contribution in [0.2, 0.25) is 0 Å². The van der Waals surface area contributed by atoms with Crippen LogP contribution in [0.15, 0.2) is 187 Å². The summed E-state index contributed by atoms with van der Waals surface area (Å²) in [6, 6.07) is 66.6.